The molecule has 0 spiro atoms. The van der Waals surface area contributed by atoms with Crippen molar-refractivity contribution in [3.8, 4) is 0 Å². The predicted molar refractivity (Wildman–Crippen MR) is 97.2 cm³/mol. The Labute approximate surface area is 158 Å². The van der Waals surface area contributed by atoms with Crippen LogP contribution in [0.25, 0.3) is 0 Å². The predicted octanol–water partition coefficient (Wildman–Crippen LogP) is 3.22. The lowest BCUT2D eigenvalue weighted by atomic mass is 10.2. The van der Waals surface area contributed by atoms with Gasteiger partial charge in [0.25, 0.3) is 0 Å². The highest BCUT2D eigenvalue weighted by atomic mass is 79.9. The van der Waals surface area contributed by atoms with E-state index in [2.05, 4.69) is 26.0 Å². The number of hydrogen-bond donors (Lipinski definition) is 2. The lowest BCUT2D eigenvalue weighted by Gasteiger charge is -2.15. The lowest BCUT2D eigenvalue weighted by Crippen LogP contribution is -2.44. The van der Waals surface area contributed by atoms with Crippen LogP contribution in [0.5, 0.6) is 0 Å². The van der Waals surface area contributed by atoms with Crippen molar-refractivity contribution >= 4 is 43.5 Å². The molecule has 0 aliphatic heterocycles. The molecule has 0 saturated heterocycles. The minimum Gasteiger partial charge on any atom is -0.351 e. The Balaban J connectivity index is 2.01. The maximum absolute atomic E-state index is 13.6. The molecule has 0 heterocycles. The molecule has 2 rings (SSSR count). The molecule has 0 fully saturated rings. The third kappa shape index (κ3) is 5.24. The normalized spacial score (nSPS) is 12.6. The van der Waals surface area contributed by atoms with E-state index in [-0.39, 0.29) is 6.54 Å². The van der Waals surface area contributed by atoms with Crippen LogP contribution >= 0.6 is 27.5 Å². The fourth-order valence-corrected chi connectivity index (χ4v) is 4.04. The van der Waals surface area contributed by atoms with Crippen LogP contribution in [0.3, 0.4) is 0 Å². The first-order valence-corrected chi connectivity index (χ1v) is 9.84. The molecule has 1 atom stereocenters. The zero-order valence-electron chi connectivity index (χ0n) is 13.1. The van der Waals surface area contributed by atoms with Gasteiger partial charge in [-0.2, -0.15) is 4.72 Å². The number of rotatable bonds is 6. The molecule has 0 bridgehead atoms. The highest BCUT2D eigenvalue weighted by Gasteiger charge is 2.24. The van der Waals surface area contributed by atoms with E-state index in [9.17, 15) is 17.6 Å². The maximum Gasteiger partial charge on any atom is 0.244 e. The second-order valence-corrected chi connectivity index (χ2v) is 8.23. The van der Waals surface area contributed by atoms with E-state index in [1.54, 1.807) is 18.2 Å². The van der Waals surface area contributed by atoms with Gasteiger partial charge < -0.3 is 5.32 Å². The summed E-state index contributed by atoms with van der Waals surface area (Å²) in [7, 11) is -4.15. The standard InChI is InChI=1S/C16H15BrClFN2O3S/c1-10(21-25(23,24)15-5-3-2-4-14(15)19)16(22)20-9-11-6-7-12(17)8-13(11)18/h2-8,10,21H,9H2,1H3,(H,20,22)/t10-/m0/s1. The molecule has 0 radical (unpaired) electrons. The summed E-state index contributed by atoms with van der Waals surface area (Å²) in [6, 6.07) is 9.06. The van der Waals surface area contributed by atoms with Crippen LogP contribution < -0.4 is 10.0 Å². The van der Waals surface area contributed by atoms with Crippen LogP contribution in [-0.2, 0) is 21.4 Å². The number of amides is 1. The second-order valence-electron chi connectivity index (χ2n) is 5.23. The Morgan fingerprint density at radius 3 is 2.60 bits per heavy atom. The van der Waals surface area contributed by atoms with Crippen molar-refractivity contribution in [1.82, 2.24) is 10.0 Å². The van der Waals surface area contributed by atoms with Gasteiger partial charge in [0.15, 0.2) is 0 Å². The largest absolute Gasteiger partial charge is 0.351 e. The smallest absolute Gasteiger partial charge is 0.244 e. The van der Waals surface area contributed by atoms with Crippen LogP contribution in [0.4, 0.5) is 4.39 Å². The average molecular weight is 450 g/mol. The molecule has 25 heavy (non-hydrogen) atoms. The minimum absolute atomic E-state index is 0.136. The van der Waals surface area contributed by atoms with E-state index in [1.165, 1.54) is 19.1 Å². The van der Waals surface area contributed by atoms with E-state index in [4.69, 9.17) is 11.6 Å². The summed E-state index contributed by atoms with van der Waals surface area (Å²) in [5.41, 5.74) is 0.683. The van der Waals surface area contributed by atoms with Gasteiger partial charge in [-0.25, -0.2) is 12.8 Å². The number of carbonyl (C=O) groups excluding carboxylic acids is 1. The Morgan fingerprint density at radius 2 is 1.96 bits per heavy atom. The number of carbonyl (C=O) groups is 1. The second kappa shape index (κ2) is 8.27. The first-order chi connectivity index (χ1) is 11.7. The summed E-state index contributed by atoms with van der Waals surface area (Å²) in [4.78, 5) is 11.6. The quantitative estimate of drug-likeness (QED) is 0.711. The van der Waals surface area contributed by atoms with Crippen LogP contribution in [0.2, 0.25) is 5.02 Å². The van der Waals surface area contributed by atoms with Crippen molar-refractivity contribution in [2.24, 2.45) is 0 Å². The monoisotopic (exact) mass is 448 g/mol. The molecule has 9 heteroatoms. The summed E-state index contributed by atoms with van der Waals surface area (Å²) >= 11 is 9.34. The number of benzene rings is 2. The molecule has 134 valence electrons. The zero-order chi connectivity index (χ0) is 18.6. The van der Waals surface area contributed by atoms with Gasteiger partial charge in [-0.15, -0.1) is 0 Å². The van der Waals surface area contributed by atoms with Gasteiger partial charge in [-0.3, -0.25) is 4.79 Å². The first kappa shape index (κ1) is 19.8. The third-order valence-corrected chi connectivity index (χ3v) is 5.74. The number of sulfonamides is 1. The number of hydrogen-bond acceptors (Lipinski definition) is 3. The number of nitrogens with one attached hydrogen (secondary N) is 2. The van der Waals surface area contributed by atoms with Gasteiger partial charge in [0.05, 0.1) is 6.04 Å². The van der Waals surface area contributed by atoms with Gasteiger partial charge >= 0.3 is 0 Å². The minimum atomic E-state index is -4.15. The van der Waals surface area contributed by atoms with E-state index in [0.29, 0.717) is 10.6 Å². The molecule has 0 unspecified atom stereocenters. The van der Waals surface area contributed by atoms with Crippen LogP contribution in [0.15, 0.2) is 51.8 Å². The van der Waals surface area contributed by atoms with Crippen LogP contribution in [-0.4, -0.2) is 20.4 Å². The molecular weight excluding hydrogens is 435 g/mol. The fraction of sp³-hybridized carbons (Fsp3) is 0.188. The van der Waals surface area contributed by atoms with Gasteiger partial charge in [0.1, 0.15) is 10.7 Å². The highest BCUT2D eigenvalue weighted by Crippen LogP contribution is 2.21. The van der Waals surface area contributed by atoms with Crippen molar-refractivity contribution in [1.29, 1.82) is 0 Å². The summed E-state index contributed by atoms with van der Waals surface area (Å²) in [6.07, 6.45) is 0. The number of halogens is 3. The van der Waals surface area contributed by atoms with Crippen molar-refractivity contribution in [3.05, 3.63) is 63.3 Å². The zero-order valence-corrected chi connectivity index (χ0v) is 16.3. The van der Waals surface area contributed by atoms with E-state index in [0.717, 1.165) is 16.6 Å². The van der Waals surface area contributed by atoms with Crippen molar-refractivity contribution in [2.75, 3.05) is 0 Å². The Morgan fingerprint density at radius 1 is 1.28 bits per heavy atom. The summed E-state index contributed by atoms with van der Waals surface area (Å²) in [6.45, 7) is 1.51. The molecule has 0 saturated carbocycles. The summed E-state index contributed by atoms with van der Waals surface area (Å²) < 4.78 is 41.0. The molecule has 0 aliphatic carbocycles. The topological polar surface area (TPSA) is 75.3 Å². The van der Waals surface area contributed by atoms with Crippen LogP contribution in [0, 0.1) is 5.82 Å². The Bertz CT molecular complexity index is 893. The maximum atomic E-state index is 13.6. The fourth-order valence-electron chi connectivity index (χ4n) is 2.01. The van der Waals surface area contributed by atoms with E-state index >= 15 is 0 Å². The van der Waals surface area contributed by atoms with Gasteiger partial charge in [-0.05, 0) is 36.8 Å². The van der Waals surface area contributed by atoms with Crippen molar-refractivity contribution in [2.45, 2.75) is 24.4 Å². The van der Waals surface area contributed by atoms with Crippen molar-refractivity contribution in [3.63, 3.8) is 0 Å². The molecule has 1 amide bonds. The van der Waals surface area contributed by atoms with Gasteiger partial charge in [0.2, 0.25) is 15.9 Å². The van der Waals surface area contributed by atoms with E-state index in [1.807, 2.05) is 0 Å². The summed E-state index contributed by atoms with van der Waals surface area (Å²) in [5.74, 6) is -1.44. The van der Waals surface area contributed by atoms with Crippen molar-refractivity contribution < 1.29 is 17.6 Å². The molecule has 2 aromatic rings. The molecular formula is C16H15BrClFN2O3S. The molecule has 2 N–H and O–H groups in total. The molecule has 2 aromatic carbocycles. The van der Waals surface area contributed by atoms with Crippen LogP contribution in [0.1, 0.15) is 12.5 Å². The Kier molecular flexibility index (Phi) is 6.56. The lowest BCUT2D eigenvalue weighted by molar-refractivity contribution is -0.122. The average Bonchev–Trinajstić information content (AvgIpc) is 2.53. The van der Waals surface area contributed by atoms with E-state index < -0.39 is 32.7 Å². The summed E-state index contributed by atoms with van der Waals surface area (Å²) in [5, 5.41) is 3.06. The molecule has 0 aliphatic rings. The first-order valence-electron chi connectivity index (χ1n) is 7.19. The van der Waals surface area contributed by atoms with Gasteiger partial charge in [-0.1, -0.05) is 45.7 Å². The third-order valence-electron chi connectivity index (χ3n) is 3.32. The highest BCUT2D eigenvalue weighted by molar-refractivity contribution is 9.10. The Hall–Kier alpha value is -1.48. The molecule has 5 nitrogen and oxygen atoms in total. The molecule has 0 aromatic heterocycles. The van der Waals surface area contributed by atoms with Gasteiger partial charge in [0, 0.05) is 16.0 Å². The SMILES string of the molecule is C[C@H](NS(=O)(=O)c1ccccc1F)C(=O)NCc1ccc(Br)cc1Cl.